The number of rotatable bonds is 3. The molecule has 0 radical (unpaired) electrons. The van der Waals surface area contributed by atoms with E-state index in [0.717, 1.165) is 6.26 Å². The summed E-state index contributed by atoms with van der Waals surface area (Å²) in [4.78, 5) is 10.7. The number of hydrogen-bond donors (Lipinski definition) is 0. The molecule has 2 rings (SSSR count). The molecule has 0 fully saturated rings. The molecule has 0 atom stereocenters. The van der Waals surface area contributed by atoms with Crippen LogP contribution in [0.5, 0.6) is 0 Å². The maximum Gasteiger partial charge on any atom is 0.185 e. The summed E-state index contributed by atoms with van der Waals surface area (Å²) in [5, 5.41) is 0.254. The topological polar surface area (TPSA) is 64.3 Å². The van der Waals surface area contributed by atoms with Crippen LogP contribution < -0.4 is 0 Å². The fourth-order valence-corrected chi connectivity index (χ4v) is 2.47. The van der Waals surface area contributed by atoms with Crippen molar-refractivity contribution in [1.29, 1.82) is 0 Å². The maximum absolute atomic E-state index is 11.4. The number of halogens is 1. The fourth-order valence-electron chi connectivity index (χ4n) is 1.49. The van der Waals surface area contributed by atoms with Crippen molar-refractivity contribution in [3.05, 3.63) is 41.1 Å². The van der Waals surface area contributed by atoms with Crippen molar-refractivity contribution >= 4 is 27.7 Å². The van der Waals surface area contributed by atoms with Gasteiger partial charge in [-0.05, 0) is 30.3 Å². The van der Waals surface area contributed by atoms with E-state index in [4.69, 9.17) is 16.0 Å². The van der Waals surface area contributed by atoms with Crippen LogP contribution in [0.1, 0.15) is 10.6 Å². The Morgan fingerprint density at radius 2 is 1.94 bits per heavy atom. The summed E-state index contributed by atoms with van der Waals surface area (Å²) in [6.45, 7) is 0. The number of aldehydes is 1. The molecule has 0 bridgehead atoms. The minimum atomic E-state index is -3.29. The minimum absolute atomic E-state index is 0.137. The molecule has 94 valence electrons. The highest BCUT2D eigenvalue weighted by Gasteiger charge is 2.13. The molecule has 0 saturated heterocycles. The zero-order chi connectivity index (χ0) is 13.3. The van der Waals surface area contributed by atoms with Gasteiger partial charge in [0.1, 0.15) is 5.76 Å². The molecular formula is C12H9ClO4S. The van der Waals surface area contributed by atoms with E-state index in [9.17, 15) is 13.2 Å². The van der Waals surface area contributed by atoms with Crippen LogP contribution in [0.15, 0.2) is 39.6 Å². The van der Waals surface area contributed by atoms with E-state index in [1.807, 2.05) is 0 Å². The van der Waals surface area contributed by atoms with Gasteiger partial charge in [0.15, 0.2) is 21.9 Å². The molecule has 1 heterocycles. The predicted molar refractivity (Wildman–Crippen MR) is 67.7 cm³/mol. The molecule has 2 aromatic rings. The van der Waals surface area contributed by atoms with Crippen molar-refractivity contribution in [3.8, 4) is 11.3 Å². The average molecular weight is 285 g/mol. The summed E-state index contributed by atoms with van der Waals surface area (Å²) in [5.41, 5.74) is 0.539. The average Bonchev–Trinajstić information content (AvgIpc) is 2.76. The predicted octanol–water partition coefficient (Wildman–Crippen LogP) is 2.82. The molecule has 1 aromatic carbocycles. The van der Waals surface area contributed by atoms with Gasteiger partial charge in [0.2, 0.25) is 0 Å². The highest BCUT2D eigenvalue weighted by molar-refractivity contribution is 7.90. The SMILES string of the molecule is CS(=O)(=O)c1ccc(-c2ccc(C=O)o2)c(Cl)c1. The molecular weight excluding hydrogens is 276 g/mol. The van der Waals surface area contributed by atoms with Crippen LogP contribution in [0.25, 0.3) is 11.3 Å². The van der Waals surface area contributed by atoms with Crippen LogP contribution in [0, 0.1) is 0 Å². The van der Waals surface area contributed by atoms with Crippen molar-refractivity contribution in [2.45, 2.75) is 4.90 Å². The summed E-state index contributed by atoms with van der Waals surface area (Å²) < 4.78 is 27.9. The van der Waals surface area contributed by atoms with Crippen LogP contribution >= 0.6 is 11.6 Å². The quantitative estimate of drug-likeness (QED) is 0.813. The van der Waals surface area contributed by atoms with E-state index in [1.165, 1.54) is 18.2 Å². The summed E-state index contributed by atoms with van der Waals surface area (Å²) in [6.07, 6.45) is 1.69. The van der Waals surface area contributed by atoms with Crippen LogP contribution in [0.3, 0.4) is 0 Å². The number of furan rings is 1. The Morgan fingerprint density at radius 1 is 1.22 bits per heavy atom. The molecule has 0 aliphatic carbocycles. The zero-order valence-corrected chi connectivity index (χ0v) is 11.0. The monoisotopic (exact) mass is 284 g/mol. The van der Waals surface area contributed by atoms with Gasteiger partial charge in [-0.2, -0.15) is 0 Å². The molecule has 0 amide bonds. The third kappa shape index (κ3) is 2.47. The molecule has 0 aliphatic rings. The van der Waals surface area contributed by atoms with E-state index < -0.39 is 9.84 Å². The minimum Gasteiger partial charge on any atom is -0.453 e. The number of sulfone groups is 1. The smallest absolute Gasteiger partial charge is 0.185 e. The van der Waals surface area contributed by atoms with Gasteiger partial charge < -0.3 is 4.42 Å². The van der Waals surface area contributed by atoms with Gasteiger partial charge >= 0.3 is 0 Å². The molecule has 0 unspecified atom stereocenters. The molecule has 4 nitrogen and oxygen atoms in total. The third-order valence-electron chi connectivity index (χ3n) is 2.38. The molecule has 0 saturated carbocycles. The van der Waals surface area contributed by atoms with Crippen molar-refractivity contribution in [2.24, 2.45) is 0 Å². The van der Waals surface area contributed by atoms with Crippen molar-refractivity contribution in [2.75, 3.05) is 6.26 Å². The van der Waals surface area contributed by atoms with Gasteiger partial charge in [-0.1, -0.05) is 11.6 Å². The van der Waals surface area contributed by atoms with Gasteiger partial charge in [-0.15, -0.1) is 0 Å². The maximum atomic E-state index is 11.4. The van der Waals surface area contributed by atoms with E-state index in [-0.39, 0.29) is 15.7 Å². The lowest BCUT2D eigenvalue weighted by Gasteiger charge is -2.03. The number of carbonyl (C=O) groups excluding carboxylic acids is 1. The number of carbonyl (C=O) groups is 1. The van der Waals surface area contributed by atoms with Crippen molar-refractivity contribution in [3.63, 3.8) is 0 Å². The van der Waals surface area contributed by atoms with Crippen molar-refractivity contribution in [1.82, 2.24) is 0 Å². The summed E-state index contributed by atoms with van der Waals surface area (Å²) in [5.74, 6) is 0.607. The first kappa shape index (κ1) is 12.9. The normalized spacial score (nSPS) is 11.4. The lowest BCUT2D eigenvalue weighted by Crippen LogP contribution is -1.96. The molecule has 6 heteroatoms. The molecule has 0 spiro atoms. The zero-order valence-electron chi connectivity index (χ0n) is 9.38. The lowest BCUT2D eigenvalue weighted by molar-refractivity contribution is 0.110. The van der Waals surface area contributed by atoms with E-state index >= 15 is 0 Å². The number of hydrogen-bond acceptors (Lipinski definition) is 4. The van der Waals surface area contributed by atoms with Gasteiger partial charge in [0.25, 0.3) is 0 Å². The van der Waals surface area contributed by atoms with Crippen molar-refractivity contribution < 1.29 is 17.6 Å². The Bertz CT molecular complexity index is 701. The Balaban J connectivity index is 2.51. The molecule has 1 aromatic heterocycles. The molecule has 0 aliphatic heterocycles. The van der Waals surface area contributed by atoms with Crippen LogP contribution in [-0.4, -0.2) is 21.0 Å². The Labute approximate surface area is 109 Å². The Kier molecular flexibility index (Phi) is 3.28. The lowest BCUT2D eigenvalue weighted by atomic mass is 10.2. The summed E-state index contributed by atoms with van der Waals surface area (Å²) in [6, 6.07) is 7.47. The van der Waals surface area contributed by atoms with Gasteiger partial charge in [-0.25, -0.2) is 8.42 Å². The second-order valence-corrected chi connectivity index (χ2v) is 6.16. The highest BCUT2D eigenvalue weighted by Crippen LogP contribution is 2.31. The van der Waals surface area contributed by atoms with Crippen LogP contribution in [0.4, 0.5) is 0 Å². The van der Waals surface area contributed by atoms with E-state index in [2.05, 4.69) is 0 Å². The van der Waals surface area contributed by atoms with Gasteiger partial charge in [-0.3, -0.25) is 4.79 Å². The molecule has 18 heavy (non-hydrogen) atoms. The van der Waals surface area contributed by atoms with Crippen LogP contribution in [-0.2, 0) is 9.84 Å². The van der Waals surface area contributed by atoms with Crippen LogP contribution in [0.2, 0.25) is 5.02 Å². The largest absolute Gasteiger partial charge is 0.453 e. The highest BCUT2D eigenvalue weighted by atomic mass is 35.5. The first-order valence-corrected chi connectivity index (χ1v) is 7.24. The summed E-state index contributed by atoms with van der Waals surface area (Å²) in [7, 11) is -3.29. The fraction of sp³-hybridized carbons (Fsp3) is 0.0833. The second-order valence-electron chi connectivity index (χ2n) is 3.73. The first-order valence-electron chi connectivity index (χ1n) is 4.97. The van der Waals surface area contributed by atoms with E-state index in [0.29, 0.717) is 17.6 Å². The Hall–Kier alpha value is -1.59. The summed E-state index contributed by atoms with van der Waals surface area (Å²) >= 11 is 6.01. The number of benzene rings is 1. The standard InChI is InChI=1S/C12H9ClO4S/c1-18(15,16)9-3-4-10(11(13)6-9)12-5-2-8(7-14)17-12/h2-7H,1H3. The third-order valence-corrected chi connectivity index (χ3v) is 3.80. The molecule has 0 N–H and O–H groups in total. The first-order chi connectivity index (χ1) is 8.41. The van der Waals surface area contributed by atoms with E-state index in [1.54, 1.807) is 12.1 Å². The second kappa shape index (κ2) is 4.59. The van der Waals surface area contributed by atoms with Gasteiger partial charge in [0, 0.05) is 11.8 Å². The van der Waals surface area contributed by atoms with Gasteiger partial charge in [0.05, 0.1) is 9.92 Å². The Morgan fingerprint density at radius 3 is 2.44 bits per heavy atom.